The Balaban J connectivity index is 1.54. The Kier molecular flexibility index (Phi) is 4.44. The molecule has 2 aromatic carbocycles. The summed E-state index contributed by atoms with van der Waals surface area (Å²) in [6.07, 6.45) is 1.50. The number of benzene rings is 2. The fourth-order valence-corrected chi connectivity index (χ4v) is 3.52. The monoisotopic (exact) mass is 422 g/mol. The Morgan fingerprint density at radius 3 is 2.53 bits per heavy atom. The van der Waals surface area contributed by atoms with Crippen molar-refractivity contribution in [3.63, 3.8) is 0 Å². The molecule has 7 nitrogen and oxygen atoms in total. The fraction of sp³-hybridized carbons (Fsp3) is 0.0909. The lowest BCUT2D eigenvalue weighted by atomic mass is 10.0. The molecule has 1 N–H and O–H groups in total. The van der Waals surface area contributed by atoms with Gasteiger partial charge in [0.05, 0.1) is 18.4 Å². The van der Waals surface area contributed by atoms with Crippen LogP contribution < -0.4 is 14.8 Å². The number of hydrogen-bond donors (Lipinski definition) is 1. The standard InChI is InChI=1S/C22H15ClN2O5/c23-14-5-3-13(4-6-14)19-20(24-15-7-8-17-18(10-15)30-12-29-17)22(27)25(21(19)26)11-16-2-1-9-28-16/h1-10,24H,11-12H2. The van der Waals surface area contributed by atoms with Crippen molar-refractivity contribution in [2.45, 2.75) is 6.54 Å². The van der Waals surface area contributed by atoms with E-state index in [1.807, 2.05) is 0 Å². The Bertz CT molecular complexity index is 1170. The first-order valence-corrected chi connectivity index (χ1v) is 9.53. The molecule has 0 saturated heterocycles. The molecule has 8 heteroatoms. The molecule has 30 heavy (non-hydrogen) atoms. The molecule has 3 heterocycles. The van der Waals surface area contributed by atoms with Gasteiger partial charge in [0.2, 0.25) is 6.79 Å². The second kappa shape index (κ2) is 7.27. The van der Waals surface area contributed by atoms with E-state index in [2.05, 4.69) is 5.32 Å². The Morgan fingerprint density at radius 1 is 0.967 bits per heavy atom. The summed E-state index contributed by atoms with van der Waals surface area (Å²) >= 11 is 6.00. The lowest BCUT2D eigenvalue weighted by molar-refractivity contribution is -0.137. The van der Waals surface area contributed by atoms with Gasteiger partial charge in [0.1, 0.15) is 11.5 Å². The van der Waals surface area contributed by atoms with Gasteiger partial charge in [-0.3, -0.25) is 14.5 Å². The Morgan fingerprint density at radius 2 is 1.77 bits per heavy atom. The zero-order valence-corrected chi connectivity index (χ0v) is 16.3. The summed E-state index contributed by atoms with van der Waals surface area (Å²) in [6, 6.07) is 15.4. The normalized spacial score (nSPS) is 15.3. The van der Waals surface area contributed by atoms with E-state index in [0.29, 0.717) is 33.5 Å². The van der Waals surface area contributed by atoms with Crippen LogP contribution in [-0.2, 0) is 16.1 Å². The molecule has 2 aliphatic rings. The lowest BCUT2D eigenvalue weighted by Gasteiger charge is -2.13. The minimum atomic E-state index is -0.445. The van der Waals surface area contributed by atoms with Crippen LogP contribution in [0.4, 0.5) is 5.69 Å². The number of furan rings is 1. The molecule has 150 valence electrons. The zero-order valence-electron chi connectivity index (χ0n) is 15.6. The summed E-state index contributed by atoms with van der Waals surface area (Å²) in [5, 5.41) is 3.63. The van der Waals surface area contributed by atoms with Crippen LogP contribution in [0.5, 0.6) is 11.5 Å². The molecule has 0 radical (unpaired) electrons. The van der Waals surface area contributed by atoms with E-state index in [4.69, 9.17) is 25.5 Å². The highest BCUT2D eigenvalue weighted by Crippen LogP contribution is 2.37. The number of anilines is 1. The first kappa shape index (κ1) is 18.3. The maximum Gasteiger partial charge on any atom is 0.278 e. The van der Waals surface area contributed by atoms with Gasteiger partial charge >= 0.3 is 0 Å². The van der Waals surface area contributed by atoms with Crippen molar-refractivity contribution in [1.82, 2.24) is 4.90 Å². The number of carbonyl (C=O) groups is 2. The molecule has 5 rings (SSSR count). The molecule has 0 aliphatic carbocycles. The third-order valence-corrected chi connectivity index (χ3v) is 5.09. The number of imide groups is 1. The average molecular weight is 423 g/mol. The largest absolute Gasteiger partial charge is 0.467 e. The van der Waals surface area contributed by atoms with Crippen molar-refractivity contribution < 1.29 is 23.5 Å². The topological polar surface area (TPSA) is 81.0 Å². The molecule has 0 spiro atoms. The van der Waals surface area contributed by atoms with Gasteiger partial charge in [-0.15, -0.1) is 0 Å². The van der Waals surface area contributed by atoms with Crippen LogP contribution in [0.15, 0.2) is 71.0 Å². The van der Waals surface area contributed by atoms with Crippen molar-refractivity contribution in [3.05, 3.63) is 82.9 Å². The summed E-state index contributed by atoms with van der Waals surface area (Å²) in [7, 11) is 0. The van der Waals surface area contributed by atoms with E-state index >= 15 is 0 Å². The molecule has 2 amide bonds. The fourth-order valence-electron chi connectivity index (χ4n) is 3.40. The minimum Gasteiger partial charge on any atom is -0.467 e. The van der Waals surface area contributed by atoms with Gasteiger partial charge in [-0.2, -0.15) is 0 Å². The lowest BCUT2D eigenvalue weighted by Crippen LogP contribution is -2.31. The summed E-state index contributed by atoms with van der Waals surface area (Å²) in [5.74, 6) is 0.844. The highest BCUT2D eigenvalue weighted by atomic mass is 35.5. The van der Waals surface area contributed by atoms with E-state index in [1.165, 1.54) is 6.26 Å². The summed E-state index contributed by atoms with van der Waals surface area (Å²) in [6.45, 7) is 0.180. The van der Waals surface area contributed by atoms with Gasteiger partial charge in [0.25, 0.3) is 11.8 Å². The van der Waals surface area contributed by atoms with Gasteiger partial charge in [-0.1, -0.05) is 23.7 Å². The van der Waals surface area contributed by atoms with E-state index < -0.39 is 11.8 Å². The third-order valence-electron chi connectivity index (χ3n) is 4.84. The number of fused-ring (bicyclic) bond motifs is 1. The van der Waals surface area contributed by atoms with Gasteiger partial charge in [-0.25, -0.2) is 0 Å². The number of hydrogen-bond acceptors (Lipinski definition) is 6. The maximum absolute atomic E-state index is 13.2. The summed E-state index contributed by atoms with van der Waals surface area (Å²) in [5.41, 5.74) is 1.62. The third kappa shape index (κ3) is 3.19. The van der Waals surface area contributed by atoms with E-state index in [-0.39, 0.29) is 24.6 Å². The molecule has 0 fully saturated rings. The number of nitrogens with one attached hydrogen (secondary N) is 1. The Hall–Kier alpha value is -3.71. The van der Waals surface area contributed by atoms with E-state index in [0.717, 1.165) is 4.90 Å². The highest BCUT2D eigenvalue weighted by molar-refractivity contribution is 6.36. The molecule has 2 aliphatic heterocycles. The molecular weight excluding hydrogens is 408 g/mol. The van der Waals surface area contributed by atoms with Gasteiger partial charge in [0, 0.05) is 16.8 Å². The maximum atomic E-state index is 13.2. The second-order valence-electron chi connectivity index (χ2n) is 6.73. The van der Waals surface area contributed by atoms with Crippen LogP contribution in [0.1, 0.15) is 11.3 Å². The minimum absolute atomic E-state index is 0.0358. The van der Waals surface area contributed by atoms with Crippen molar-refractivity contribution in [2.24, 2.45) is 0 Å². The van der Waals surface area contributed by atoms with Crippen LogP contribution >= 0.6 is 11.6 Å². The number of ether oxygens (including phenoxy) is 2. The van der Waals surface area contributed by atoms with E-state index in [1.54, 1.807) is 54.6 Å². The Labute approximate surface area is 176 Å². The van der Waals surface area contributed by atoms with Crippen molar-refractivity contribution in [3.8, 4) is 11.5 Å². The van der Waals surface area contributed by atoms with Gasteiger partial charge < -0.3 is 19.2 Å². The van der Waals surface area contributed by atoms with Gasteiger partial charge in [0.15, 0.2) is 11.5 Å². The number of carbonyl (C=O) groups excluding carboxylic acids is 2. The highest BCUT2D eigenvalue weighted by Gasteiger charge is 2.39. The van der Waals surface area contributed by atoms with E-state index in [9.17, 15) is 9.59 Å². The first-order chi connectivity index (χ1) is 14.6. The number of halogens is 1. The first-order valence-electron chi connectivity index (χ1n) is 9.15. The predicted molar refractivity (Wildman–Crippen MR) is 109 cm³/mol. The average Bonchev–Trinajstić information content (AvgIpc) is 3.47. The SMILES string of the molecule is O=C1C(Nc2ccc3c(c2)OCO3)=C(c2ccc(Cl)cc2)C(=O)N1Cc1ccco1. The van der Waals surface area contributed by atoms with Crippen LogP contribution in [0.2, 0.25) is 5.02 Å². The molecule has 0 unspecified atom stereocenters. The molecular formula is C22H15ClN2O5. The number of nitrogens with zero attached hydrogens (tertiary/aromatic N) is 1. The van der Waals surface area contributed by atoms with Crippen LogP contribution in [0.25, 0.3) is 5.57 Å². The molecule has 3 aromatic rings. The van der Waals surface area contributed by atoms with Gasteiger partial charge in [-0.05, 0) is 42.0 Å². The zero-order chi connectivity index (χ0) is 20.7. The van der Waals surface area contributed by atoms with Crippen LogP contribution in [0.3, 0.4) is 0 Å². The number of amides is 2. The van der Waals surface area contributed by atoms with Crippen LogP contribution in [0, 0.1) is 0 Å². The van der Waals surface area contributed by atoms with Crippen molar-refractivity contribution in [2.75, 3.05) is 12.1 Å². The van der Waals surface area contributed by atoms with Crippen molar-refractivity contribution >= 4 is 34.7 Å². The second-order valence-corrected chi connectivity index (χ2v) is 7.16. The molecule has 0 bridgehead atoms. The molecule has 1 aromatic heterocycles. The smallest absolute Gasteiger partial charge is 0.278 e. The summed E-state index contributed by atoms with van der Waals surface area (Å²) in [4.78, 5) is 27.5. The molecule has 0 saturated carbocycles. The van der Waals surface area contributed by atoms with Crippen LogP contribution in [-0.4, -0.2) is 23.5 Å². The summed E-state index contributed by atoms with van der Waals surface area (Å²) < 4.78 is 16.0. The van der Waals surface area contributed by atoms with Crippen molar-refractivity contribution in [1.29, 1.82) is 0 Å². The predicted octanol–water partition coefficient (Wildman–Crippen LogP) is 4.05. The quantitative estimate of drug-likeness (QED) is 0.625. The number of rotatable bonds is 5. The molecule has 0 atom stereocenters.